The zero-order valence-corrected chi connectivity index (χ0v) is 12.8. The SMILES string of the molecule is Cc1nc(NC(=O)[C@@H](C)S(=O)(=O)C(C)C)sc1C. The second-order valence-electron chi connectivity index (χ2n) is 4.43. The third kappa shape index (κ3) is 3.08. The largest absolute Gasteiger partial charge is 0.301 e. The molecule has 5 nitrogen and oxygen atoms in total. The molecule has 1 atom stereocenters. The lowest BCUT2D eigenvalue weighted by Crippen LogP contribution is -2.36. The van der Waals surface area contributed by atoms with E-state index in [1.807, 2.05) is 13.8 Å². The molecule has 0 saturated carbocycles. The number of carbonyl (C=O) groups excluding carboxylic acids is 1. The highest BCUT2D eigenvalue weighted by molar-refractivity contribution is 7.93. The number of amides is 1. The minimum Gasteiger partial charge on any atom is -0.301 e. The van der Waals surface area contributed by atoms with E-state index in [1.54, 1.807) is 13.8 Å². The van der Waals surface area contributed by atoms with Crippen molar-refractivity contribution in [3.63, 3.8) is 0 Å². The van der Waals surface area contributed by atoms with Crippen molar-refractivity contribution >= 4 is 32.2 Å². The number of hydrogen-bond donors (Lipinski definition) is 1. The molecule has 0 saturated heterocycles. The molecule has 0 aliphatic rings. The van der Waals surface area contributed by atoms with Crippen molar-refractivity contribution in [3.05, 3.63) is 10.6 Å². The topological polar surface area (TPSA) is 76.1 Å². The molecule has 1 aromatic heterocycles. The quantitative estimate of drug-likeness (QED) is 0.919. The average molecular weight is 290 g/mol. The highest BCUT2D eigenvalue weighted by atomic mass is 32.2. The first kappa shape index (κ1) is 15.1. The number of nitrogens with zero attached hydrogens (tertiary/aromatic N) is 1. The summed E-state index contributed by atoms with van der Waals surface area (Å²) in [6.45, 7) is 8.28. The average Bonchev–Trinajstić information content (AvgIpc) is 2.56. The lowest BCUT2D eigenvalue weighted by Gasteiger charge is -2.14. The van der Waals surface area contributed by atoms with Crippen LogP contribution in [0.1, 0.15) is 31.3 Å². The van der Waals surface area contributed by atoms with E-state index in [9.17, 15) is 13.2 Å². The van der Waals surface area contributed by atoms with Crippen LogP contribution in [-0.2, 0) is 14.6 Å². The van der Waals surface area contributed by atoms with Gasteiger partial charge in [-0.25, -0.2) is 13.4 Å². The Balaban J connectivity index is 2.84. The molecule has 1 rings (SSSR count). The van der Waals surface area contributed by atoms with Crippen LogP contribution < -0.4 is 5.32 Å². The van der Waals surface area contributed by atoms with Crippen molar-refractivity contribution < 1.29 is 13.2 Å². The molecular weight excluding hydrogens is 272 g/mol. The summed E-state index contributed by atoms with van der Waals surface area (Å²) in [7, 11) is -3.43. The summed E-state index contributed by atoms with van der Waals surface area (Å²) in [6, 6.07) is 0. The van der Waals surface area contributed by atoms with E-state index < -0.39 is 26.2 Å². The summed E-state index contributed by atoms with van der Waals surface area (Å²) in [5, 5.41) is 1.36. The molecule has 0 aliphatic carbocycles. The van der Waals surface area contributed by atoms with Gasteiger partial charge in [-0.05, 0) is 34.6 Å². The van der Waals surface area contributed by atoms with Crippen molar-refractivity contribution in [1.82, 2.24) is 4.98 Å². The van der Waals surface area contributed by atoms with Gasteiger partial charge in [-0.1, -0.05) is 0 Å². The molecule has 102 valence electrons. The Kier molecular flexibility index (Phi) is 4.50. The lowest BCUT2D eigenvalue weighted by molar-refractivity contribution is -0.115. The van der Waals surface area contributed by atoms with E-state index in [2.05, 4.69) is 10.3 Å². The number of aryl methyl sites for hydroxylation is 2. The fraction of sp³-hybridized carbons (Fsp3) is 0.636. The fourth-order valence-corrected chi connectivity index (χ4v) is 3.28. The number of nitrogens with one attached hydrogen (secondary N) is 1. The molecule has 1 heterocycles. The summed E-state index contributed by atoms with van der Waals surface area (Å²) in [6.07, 6.45) is 0. The lowest BCUT2D eigenvalue weighted by atomic mass is 10.4. The van der Waals surface area contributed by atoms with Crippen LogP contribution in [0.2, 0.25) is 0 Å². The molecule has 0 aromatic carbocycles. The second kappa shape index (κ2) is 5.36. The van der Waals surface area contributed by atoms with Crippen LogP contribution in [-0.4, -0.2) is 29.8 Å². The molecular formula is C11H18N2O3S2. The number of anilines is 1. The van der Waals surface area contributed by atoms with Crippen molar-refractivity contribution in [2.45, 2.75) is 45.1 Å². The van der Waals surface area contributed by atoms with Crippen molar-refractivity contribution in [1.29, 1.82) is 0 Å². The van der Waals surface area contributed by atoms with Crippen LogP contribution in [0.15, 0.2) is 0 Å². The van der Waals surface area contributed by atoms with Gasteiger partial charge in [0, 0.05) is 4.88 Å². The number of thiazole rings is 1. The van der Waals surface area contributed by atoms with Gasteiger partial charge in [0.25, 0.3) is 0 Å². The van der Waals surface area contributed by atoms with Gasteiger partial charge in [0.15, 0.2) is 15.0 Å². The maximum atomic E-state index is 11.9. The van der Waals surface area contributed by atoms with Crippen LogP contribution in [0.3, 0.4) is 0 Å². The van der Waals surface area contributed by atoms with E-state index in [-0.39, 0.29) is 0 Å². The van der Waals surface area contributed by atoms with Crippen molar-refractivity contribution in [2.24, 2.45) is 0 Å². The summed E-state index contributed by atoms with van der Waals surface area (Å²) >= 11 is 1.34. The molecule has 18 heavy (non-hydrogen) atoms. The molecule has 0 aliphatic heterocycles. The minimum atomic E-state index is -3.43. The Morgan fingerprint density at radius 1 is 1.28 bits per heavy atom. The van der Waals surface area contributed by atoms with Crippen LogP contribution in [0.25, 0.3) is 0 Å². The smallest absolute Gasteiger partial charge is 0.244 e. The maximum absolute atomic E-state index is 11.9. The molecule has 0 radical (unpaired) electrons. The summed E-state index contributed by atoms with van der Waals surface area (Å²) in [4.78, 5) is 17.0. The van der Waals surface area contributed by atoms with Gasteiger partial charge in [0.05, 0.1) is 10.9 Å². The van der Waals surface area contributed by atoms with Gasteiger partial charge in [-0.2, -0.15) is 0 Å². The number of sulfone groups is 1. The molecule has 1 amide bonds. The second-order valence-corrected chi connectivity index (χ2v) is 8.46. The Morgan fingerprint density at radius 2 is 1.83 bits per heavy atom. The number of carbonyl (C=O) groups is 1. The van der Waals surface area contributed by atoms with Gasteiger partial charge in [0.2, 0.25) is 5.91 Å². The van der Waals surface area contributed by atoms with E-state index in [0.29, 0.717) is 5.13 Å². The van der Waals surface area contributed by atoms with E-state index in [4.69, 9.17) is 0 Å². The van der Waals surface area contributed by atoms with Gasteiger partial charge in [0.1, 0.15) is 5.25 Å². The van der Waals surface area contributed by atoms with Crippen LogP contribution in [0, 0.1) is 13.8 Å². The molecule has 1 N–H and O–H groups in total. The number of hydrogen-bond acceptors (Lipinski definition) is 5. The van der Waals surface area contributed by atoms with Gasteiger partial charge in [-0.3, -0.25) is 4.79 Å². The molecule has 7 heteroatoms. The summed E-state index contributed by atoms with van der Waals surface area (Å²) in [5.41, 5.74) is 0.842. The van der Waals surface area contributed by atoms with Gasteiger partial charge < -0.3 is 5.32 Å². The van der Waals surface area contributed by atoms with E-state index >= 15 is 0 Å². The van der Waals surface area contributed by atoms with E-state index in [1.165, 1.54) is 18.3 Å². The fourth-order valence-electron chi connectivity index (χ4n) is 1.29. The predicted molar refractivity (Wildman–Crippen MR) is 73.7 cm³/mol. The predicted octanol–water partition coefficient (Wildman–Crippen LogP) is 1.91. The Labute approximate surface area is 112 Å². The molecule has 0 fully saturated rings. The zero-order chi connectivity index (χ0) is 14.1. The van der Waals surface area contributed by atoms with Crippen LogP contribution >= 0.6 is 11.3 Å². The standard InChI is InChI=1S/C11H18N2O3S2/c1-6(2)18(15,16)9(5)10(14)13-11-12-7(3)8(4)17-11/h6,9H,1-5H3,(H,12,13,14)/t9-/m1/s1. The summed E-state index contributed by atoms with van der Waals surface area (Å²) in [5.74, 6) is -0.530. The third-order valence-electron chi connectivity index (χ3n) is 2.78. The van der Waals surface area contributed by atoms with Crippen molar-refractivity contribution in [2.75, 3.05) is 5.32 Å². The van der Waals surface area contributed by atoms with Crippen LogP contribution in [0.5, 0.6) is 0 Å². The highest BCUT2D eigenvalue weighted by Crippen LogP contribution is 2.22. The Morgan fingerprint density at radius 3 is 2.22 bits per heavy atom. The highest BCUT2D eigenvalue weighted by Gasteiger charge is 2.31. The minimum absolute atomic E-state index is 0.445. The van der Waals surface area contributed by atoms with Crippen LogP contribution in [0.4, 0.5) is 5.13 Å². The first-order valence-electron chi connectivity index (χ1n) is 5.64. The Bertz CT molecular complexity index is 527. The maximum Gasteiger partial charge on any atom is 0.244 e. The number of aromatic nitrogens is 1. The van der Waals surface area contributed by atoms with Gasteiger partial charge in [-0.15, -0.1) is 11.3 Å². The molecule has 1 aromatic rings. The molecule has 0 spiro atoms. The summed E-state index contributed by atoms with van der Waals surface area (Å²) < 4.78 is 23.7. The third-order valence-corrected chi connectivity index (χ3v) is 6.28. The molecule has 0 unspecified atom stereocenters. The first-order valence-corrected chi connectivity index (χ1v) is 8.06. The molecule has 0 bridgehead atoms. The van der Waals surface area contributed by atoms with Crippen molar-refractivity contribution in [3.8, 4) is 0 Å². The van der Waals surface area contributed by atoms with Gasteiger partial charge >= 0.3 is 0 Å². The Hall–Kier alpha value is -0.950. The number of rotatable bonds is 4. The first-order chi connectivity index (χ1) is 8.16. The monoisotopic (exact) mass is 290 g/mol. The normalized spacial score (nSPS) is 13.7. The van der Waals surface area contributed by atoms with E-state index in [0.717, 1.165) is 10.6 Å². The zero-order valence-electron chi connectivity index (χ0n) is 11.1.